The van der Waals surface area contributed by atoms with Crippen LogP contribution in [0.1, 0.15) is 5.56 Å². The summed E-state index contributed by atoms with van der Waals surface area (Å²) in [6.45, 7) is 1.92. The van der Waals surface area contributed by atoms with Gasteiger partial charge in [0, 0.05) is 17.1 Å². The average Bonchev–Trinajstić information content (AvgIpc) is 2.68. The van der Waals surface area contributed by atoms with Crippen LogP contribution in [0, 0.1) is 6.92 Å². The van der Waals surface area contributed by atoms with Gasteiger partial charge in [0.2, 0.25) is 0 Å². The minimum Gasteiger partial charge on any atom is -0.279 e. The Morgan fingerprint density at radius 1 is 0.815 bits per heavy atom. The summed E-state index contributed by atoms with van der Waals surface area (Å²) in [5.74, 6) is 0. The number of para-hydroxylation sites is 1. The van der Waals surface area contributed by atoms with Crippen molar-refractivity contribution in [2.45, 2.75) is 11.8 Å². The second-order valence-electron chi connectivity index (χ2n) is 6.38. The lowest BCUT2D eigenvalue weighted by Crippen LogP contribution is -2.13. The predicted octanol–water partition coefficient (Wildman–Crippen LogP) is 5.01. The molecule has 3 aromatic carbocycles. The summed E-state index contributed by atoms with van der Waals surface area (Å²) in [5, 5.41) is 2.10. The van der Waals surface area contributed by atoms with Gasteiger partial charge < -0.3 is 0 Å². The summed E-state index contributed by atoms with van der Waals surface area (Å²) in [5.41, 5.74) is 2.96. The zero-order valence-electron chi connectivity index (χ0n) is 14.8. The van der Waals surface area contributed by atoms with E-state index in [2.05, 4.69) is 9.71 Å². The molecule has 1 N–H and O–H groups in total. The summed E-state index contributed by atoms with van der Waals surface area (Å²) in [6.07, 6.45) is 1.80. The standard InChI is InChI=1S/C22H18N2O2S/c1-16-10-12-19(13-11-16)27(25,26)24-21-9-5-4-8-20(21)22-14-17-6-2-3-7-18(17)15-23-22/h2-15,24H,1H3. The minimum atomic E-state index is -3.68. The molecule has 1 heterocycles. The fraction of sp³-hybridized carbons (Fsp3) is 0.0455. The summed E-state index contributed by atoms with van der Waals surface area (Å²) in [4.78, 5) is 4.75. The molecule has 0 radical (unpaired) electrons. The first kappa shape index (κ1) is 17.2. The second-order valence-corrected chi connectivity index (χ2v) is 8.06. The Morgan fingerprint density at radius 3 is 2.26 bits per heavy atom. The van der Waals surface area contributed by atoms with Gasteiger partial charge in [-0.1, -0.05) is 60.2 Å². The van der Waals surface area contributed by atoms with Crippen molar-refractivity contribution in [1.82, 2.24) is 4.98 Å². The third-order valence-corrected chi connectivity index (χ3v) is 5.79. The van der Waals surface area contributed by atoms with E-state index in [0.29, 0.717) is 5.69 Å². The number of aryl methyl sites for hydroxylation is 1. The van der Waals surface area contributed by atoms with Crippen molar-refractivity contribution >= 4 is 26.5 Å². The van der Waals surface area contributed by atoms with E-state index in [9.17, 15) is 8.42 Å². The van der Waals surface area contributed by atoms with Crippen LogP contribution < -0.4 is 4.72 Å². The average molecular weight is 374 g/mol. The molecule has 0 spiro atoms. The highest BCUT2D eigenvalue weighted by molar-refractivity contribution is 7.92. The first-order valence-corrected chi connectivity index (χ1v) is 10.0. The van der Waals surface area contributed by atoms with E-state index >= 15 is 0 Å². The van der Waals surface area contributed by atoms with Crippen LogP contribution in [0.4, 0.5) is 5.69 Å². The fourth-order valence-electron chi connectivity index (χ4n) is 2.95. The van der Waals surface area contributed by atoms with Crippen molar-refractivity contribution in [2.24, 2.45) is 0 Å². The molecule has 4 nitrogen and oxygen atoms in total. The van der Waals surface area contributed by atoms with Crippen LogP contribution in [-0.2, 0) is 10.0 Å². The van der Waals surface area contributed by atoms with E-state index in [4.69, 9.17) is 0 Å². The molecule has 4 aromatic rings. The lowest BCUT2D eigenvalue weighted by atomic mass is 10.1. The zero-order valence-corrected chi connectivity index (χ0v) is 15.6. The van der Waals surface area contributed by atoms with E-state index in [1.807, 2.05) is 49.4 Å². The lowest BCUT2D eigenvalue weighted by molar-refractivity contribution is 0.601. The van der Waals surface area contributed by atoms with Gasteiger partial charge in [0.1, 0.15) is 0 Å². The van der Waals surface area contributed by atoms with Crippen molar-refractivity contribution < 1.29 is 8.42 Å². The van der Waals surface area contributed by atoms with Gasteiger partial charge in [-0.25, -0.2) is 8.42 Å². The highest BCUT2D eigenvalue weighted by atomic mass is 32.2. The SMILES string of the molecule is Cc1ccc(S(=O)(=O)Nc2ccccc2-c2cc3ccccc3cn2)cc1. The molecule has 0 aliphatic rings. The number of anilines is 1. The van der Waals surface area contributed by atoms with Crippen LogP contribution in [0.15, 0.2) is 90.0 Å². The highest BCUT2D eigenvalue weighted by Crippen LogP contribution is 2.30. The number of nitrogens with one attached hydrogen (secondary N) is 1. The van der Waals surface area contributed by atoms with Crippen LogP contribution in [0.25, 0.3) is 22.0 Å². The van der Waals surface area contributed by atoms with Gasteiger partial charge in [-0.2, -0.15) is 0 Å². The Morgan fingerprint density at radius 2 is 1.48 bits per heavy atom. The third-order valence-electron chi connectivity index (χ3n) is 4.41. The Kier molecular flexibility index (Phi) is 4.38. The monoisotopic (exact) mass is 374 g/mol. The summed E-state index contributed by atoms with van der Waals surface area (Å²) in [6, 6.07) is 24.0. The first-order chi connectivity index (χ1) is 13.0. The molecule has 0 atom stereocenters. The van der Waals surface area contributed by atoms with Gasteiger partial charge in [-0.15, -0.1) is 0 Å². The Labute approximate surface area is 158 Å². The summed E-state index contributed by atoms with van der Waals surface area (Å²) in [7, 11) is -3.68. The second kappa shape index (κ2) is 6.85. The molecule has 0 bridgehead atoms. The number of rotatable bonds is 4. The van der Waals surface area contributed by atoms with E-state index in [1.165, 1.54) is 0 Å². The molecular formula is C22H18N2O2S. The Balaban J connectivity index is 1.75. The van der Waals surface area contributed by atoms with Gasteiger partial charge in [-0.05, 0) is 36.6 Å². The number of pyridine rings is 1. The number of sulfonamides is 1. The van der Waals surface area contributed by atoms with Crippen molar-refractivity contribution in [1.29, 1.82) is 0 Å². The third kappa shape index (κ3) is 3.55. The quantitative estimate of drug-likeness (QED) is 0.546. The normalized spacial score (nSPS) is 11.4. The van der Waals surface area contributed by atoms with Crippen LogP contribution in [0.2, 0.25) is 0 Å². The Hall–Kier alpha value is -3.18. The maximum Gasteiger partial charge on any atom is 0.261 e. The molecule has 5 heteroatoms. The predicted molar refractivity (Wildman–Crippen MR) is 109 cm³/mol. The van der Waals surface area contributed by atoms with E-state index in [1.54, 1.807) is 42.6 Å². The molecule has 0 unspecified atom stereocenters. The zero-order chi connectivity index (χ0) is 18.9. The molecule has 27 heavy (non-hydrogen) atoms. The largest absolute Gasteiger partial charge is 0.279 e. The number of aromatic nitrogens is 1. The summed E-state index contributed by atoms with van der Waals surface area (Å²) < 4.78 is 28.3. The maximum absolute atomic E-state index is 12.8. The number of hydrogen-bond acceptors (Lipinski definition) is 3. The van der Waals surface area contributed by atoms with Crippen LogP contribution in [0.5, 0.6) is 0 Å². The molecular weight excluding hydrogens is 356 g/mol. The molecule has 0 saturated carbocycles. The molecule has 134 valence electrons. The van der Waals surface area contributed by atoms with Gasteiger partial charge in [-0.3, -0.25) is 9.71 Å². The van der Waals surface area contributed by atoms with Crippen molar-refractivity contribution in [3.8, 4) is 11.3 Å². The van der Waals surface area contributed by atoms with Crippen molar-refractivity contribution in [2.75, 3.05) is 4.72 Å². The van der Waals surface area contributed by atoms with Gasteiger partial charge in [0.05, 0.1) is 16.3 Å². The number of hydrogen-bond donors (Lipinski definition) is 1. The first-order valence-electron chi connectivity index (χ1n) is 8.57. The van der Waals surface area contributed by atoms with Crippen molar-refractivity contribution in [3.05, 3.63) is 90.6 Å². The molecule has 0 fully saturated rings. The number of fused-ring (bicyclic) bond motifs is 1. The van der Waals surface area contributed by atoms with Crippen LogP contribution in [-0.4, -0.2) is 13.4 Å². The van der Waals surface area contributed by atoms with Gasteiger partial charge >= 0.3 is 0 Å². The van der Waals surface area contributed by atoms with Crippen LogP contribution in [0.3, 0.4) is 0 Å². The van der Waals surface area contributed by atoms with E-state index < -0.39 is 10.0 Å². The molecule has 4 rings (SSSR count). The van der Waals surface area contributed by atoms with Crippen LogP contribution >= 0.6 is 0 Å². The molecule has 0 amide bonds. The summed E-state index contributed by atoms with van der Waals surface area (Å²) >= 11 is 0. The molecule has 0 aliphatic carbocycles. The Bertz CT molecular complexity index is 1220. The smallest absolute Gasteiger partial charge is 0.261 e. The van der Waals surface area contributed by atoms with E-state index in [-0.39, 0.29) is 4.90 Å². The molecule has 0 saturated heterocycles. The fourth-order valence-corrected chi connectivity index (χ4v) is 4.03. The molecule has 1 aromatic heterocycles. The van der Waals surface area contributed by atoms with Gasteiger partial charge in [0.15, 0.2) is 0 Å². The number of benzene rings is 3. The van der Waals surface area contributed by atoms with Gasteiger partial charge in [0.25, 0.3) is 10.0 Å². The molecule has 0 aliphatic heterocycles. The minimum absolute atomic E-state index is 0.231. The van der Waals surface area contributed by atoms with Crippen molar-refractivity contribution in [3.63, 3.8) is 0 Å². The highest BCUT2D eigenvalue weighted by Gasteiger charge is 2.16. The maximum atomic E-state index is 12.8. The number of nitrogens with zero attached hydrogens (tertiary/aromatic N) is 1. The lowest BCUT2D eigenvalue weighted by Gasteiger charge is -2.13. The van der Waals surface area contributed by atoms with E-state index in [0.717, 1.165) is 27.6 Å². The topological polar surface area (TPSA) is 59.1 Å².